The highest BCUT2D eigenvalue weighted by Crippen LogP contribution is 2.42. The van der Waals surface area contributed by atoms with E-state index in [9.17, 15) is 4.79 Å². The van der Waals surface area contributed by atoms with Gasteiger partial charge in [-0.3, -0.25) is 4.79 Å². The number of aromatic nitrogens is 2. The molecule has 0 spiro atoms. The van der Waals surface area contributed by atoms with Crippen LogP contribution < -0.4 is 19.4 Å². The highest BCUT2D eigenvalue weighted by molar-refractivity contribution is 5.87. The largest absolute Gasteiger partial charge is 0.424 e. The third-order valence-electron chi connectivity index (χ3n) is 9.93. The monoisotopic (exact) mass is 593 g/mol. The summed E-state index contributed by atoms with van der Waals surface area (Å²) in [6.07, 6.45) is 5.50. The zero-order valence-corrected chi connectivity index (χ0v) is 26.3. The molecule has 0 saturated carbocycles. The fourth-order valence-electron chi connectivity index (χ4n) is 7.50. The number of likely N-dealkylation sites (N-methyl/N-ethyl adjacent to an activating group) is 1. The third-order valence-corrected chi connectivity index (χ3v) is 9.93. The number of ether oxygens (including phenoxy) is 1. The van der Waals surface area contributed by atoms with Gasteiger partial charge in [-0.1, -0.05) is 30.8 Å². The number of carbonyl (C=O) groups excluding carboxylic acids is 1. The van der Waals surface area contributed by atoms with Crippen LogP contribution in [0, 0.1) is 0 Å². The van der Waals surface area contributed by atoms with Crippen LogP contribution in [-0.2, 0) is 30.6 Å². The van der Waals surface area contributed by atoms with E-state index in [0.717, 1.165) is 62.8 Å². The highest BCUT2D eigenvalue weighted by atomic mass is 16.5. The van der Waals surface area contributed by atoms with Crippen molar-refractivity contribution in [1.82, 2.24) is 19.8 Å². The van der Waals surface area contributed by atoms with Gasteiger partial charge in [0.15, 0.2) is 0 Å². The molecule has 7 rings (SSSR count). The van der Waals surface area contributed by atoms with Crippen LogP contribution in [0.5, 0.6) is 11.8 Å². The molecule has 1 aromatic heterocycles. The summed E-state index contributed by atoms with van der Waals surface area (Å²) >= 11 is 0. The van der Waals surface area contributed by atoms with Gasteiger partial charge in [0.25, 0.3) is 0 Å². The Hall–Kier alpha value is -4.11. The number of nitrogens with zero attached hydrogens (tertiary/aromatic N) is 7. The number of amides is 1. The molecule has 2 aromatic carbocycles. The number of rotatable bonds is 6. The van der Waals surface area contributed by atoms with E-state index in [4.69, 9.17) is 14.7 Å². The minimum absolute atomic E-state index is 0.0158. The van der Waals surface area contributed by atoms with Gasteiger partial charge in [-0.2, -0.15) is 9.97 Å². The first-order chi connectivity index (χ1) is 21.4. The van der Waals surface area contributed by atoms with Crippen LogP contribution in [0.3, 0.4) is 0 Å². The van der Waals surface area contributed by atoms with Crippen LogP contribution in [0.25, 0.3) is 0 Å². The van der Waals surface area contributed by atoms with Gasteiger partial charge in [0.1, 0.15) is 17.4 Å². The molecular weight excluding hydrogens is 550 g/mol. The standard InChI is InChI=1S/C35H43N7O2/c1-5-32(43)40-19-21-41(22-20-40)33-29-15-18-42(24(2)26-10-7-12-30-28(26)11-8-16-39(30)4)34(29)37-35(36-33)44-31-13-6-9-25-23-38(3)17-14-27(25)31/h5-7,9-10,12-13,24H,1,8,11,14-23H2,2-4H3. The Balaban J connectivity index is 1.26. The van der Waals surface area contributed by atoms with E-state index in [1.54, 1.807) is 0 Å². The van der Waals surface area contributed by atoms with Gasteiger partial charge in [-0.25, -0.2) is 0 Å². The quantitative estimate of drug-likeness (QED) is 0.385. The van der Waals surface area contributed by atoms with Gasteiger partial charge in [-0.05, 0) is 74.6 Å². The summed E-state index contributed by atoms with van der Waals surface area (Å²) in [4.78, 5) is 33.9. The van der Waals surface area contributed by atoms with Crippen molar-refractivity contribution in [3.63, 3.8) is 0 Å². The Labute approximate surface area is 260 Å². The van der Waals surface area contributed by atoms with Crippen LogP contribution in [0.1, 0.15) is 47.2 Å². The summed E-state index contributed by atoms with van der Waals surface area (Å²) in [7, 11) is 4.36. The molecule has 0 N–H and O–H groups in total. The average Bonchev–Trinajstić information content (AvgIpc) is 3.48. The highest BCUT2D eigenvalue weighted by Gasteiger charge is 2.34. The molecule has 1 amide bonds. The Morgan fingerprint density at radius 1 is 0.886 bits per heavy atom. The van der Waals surface area contributed by atoms with Gasteiger partial charge in [0, 0.05) is 76.2 Å². The molecule has 44 heavy (non-hydrogen) atoms. The lowest BCUT2D eigenvalue weighted by Crippen LogP contribution is -2.48. The zero-order valence-electron chi connectivity index (χ0n) is 26.3. The summed E-state index contributed by atoms with van der Waals surface area (Å²) in [5, 5.41) is 0. The number of hydrogen-bond donors (Lipinski definition) is 0. The van der Waals surface area contributed by atoms with Crippen LogP contribution in [-0.4, -0.2) is 85.6 Å². The second-order valence-corrected chi connectivity index (χ2v) is 12.6. The first-order valence-electron chi connectivity index (χ1n) is 16.0. The average molecular weight is 594 g/mol. The van der Waals surface area contributed by atoms with E-state index in [1.165, 1.54) is 46.0 Å². The normalized spacial score (nSPS) is 18.9. The van der Waals surface area contributed by atoms with Crippen LogP contribution in [0.2, 0.25) is 0 Å². The van der Waals surface area contributed by atoms with Crippen molar-refractivity contribution >= 4 is 23.2 Å². The molecule has 0 aliphatic carbocycles. The van der Waals surface area contributed by atoms with Gasteiger partial charge < -0.3 is 29.2 Å². The maximum atomic E-state index is 12.3. The zero-order chi connectivity index (χ0) is 30.4. The minimum atomic E-state index is -0.0158. The van der Waals surface area contributed by atoms with Gasteiger partial charge in [0.2, 0.25) is 5.91 Å². The summed E-state index contributed by atoms with van der Waals surface area (Å²) in [5.74, 6) is 2.73. The van der Waals surface area contributed by atoms with E-state index in [-0.39, 0.29) is 11.9 Å². The van der Waals surface area contributed by atoms with Crippen LogP contribution in [0.15, 0.2) is 49.1 Å². The molecule has 5 heterocycles. The molecule has 0 bridgehead atoms. The number of carbonyl (C=O) groups is 1. The first kappa shape index (κ1) is 28.6. The van der Waals surface area contributed by atoms with E-state index >= 15 is 0 Å². The Morgan fingerprint density at radius 2 is 1.66 bits per heavy atom. The molecule has 4 aliphatic heterocycles. The van der Waals surface area contributed by atoms with Crippen molar-refractivity contribution < 1.29 is 9.53 Å². The fourth-order valence-corrected chi connectivity index (χ4v) is 7.50. The number of hydrogen-bond acceptors (Lipinski definition) is 8. The van der Waals surface area contributed by atoms with Crippen molar-refractivity contribution in [3.8, 4) is 11.8 Å². The van der Waals surface area contributed by atoms with Crippen molar-refractivity contribution in [3.05, 3.63) is 76.9 Å². The molecule has 9 heteroatoms. The third kappa shape index (κ3) is 5.17. The second-order valence-electron chi connectivity index (χ2n) is 12.6. The Kier molecular flexibility index (Phi) is 7.66. The fraction of sp³-hybridized carbons (Fsp3) is 0.457. The lowest BCUT2D eigenvalue weighted by molar-refractivity contribution is -0.126. The predicted octanol–water partition coefficient (Wildman–Crippen LogP) is 4.60. The van der Waals surface area contributed by atoms with E-state index < -0.39 is 0 Å². The van der Waals surface area contributed by atoms with E-state index in [2.05, 4.69) is 77.5 Å². The molecule has 0 radical (unpaired) electrons. The molecule has 4 aliphatic rings. The molecule has 1 atom stereocenters. The molecule has 1 fully saturated rings. The van der Waals surface area contributed by atoms with Gasteiger partial charge in [-0.15, -0.1) is 0 Å². The molecule has 230 valence electrons. The minimum Gasteiger partial charge on any atom is -0.424 e. The van der Waals surface area contributed by atoms with Gasteiger partial charge >= 0.3 is 6.01 Å². The van der Waals surface area contributed by atoms with Crippen molar-refractivity contribution in [1.29, 1.82) is 0 Å². The van der Waals surface area contributed by atoms with Crippen LogP contribution in [0.4, 0.5) is 17.3 Å². The van der Waals surface area contributed by atoms with Crippen molar-refractivity contribution in [2.45, 2.75) is 45.2 Å². The summed E-state index contributed by atoms with van der Waals surface area (Å²) in [6, 6.07) is 13.6. The van der Waals surface area contributed by atoms with Crippen molar-refractivity contribution in [2.75, 3.05) is 74.6 Å². The van der Waals surface area contributed by atoms with E-state index in [1.807, 2.05) is 11.0 Å². The first-order valence-corrected chi connectivity index (χ1v) is 16.0. The predicted molar refractivity (Wildman–Crippen MR) is 175 cm³/mol. The number of fused-ring (bicyclic) bond motifs is 3. The molecule has 1 unspecified atom stereocenters. The number of benzene rings is 2. The topological polar surface area (TPSA) is 68.3 Å². The molecular formula is C35H43N7O2. The Morgan fingerprint density at radius 3 is 2.48 bits per heavy atom. The second kappa shape index (κ2) is 11.8. The van der Waals surface area contributed by atoms with Gasteiger partial charge in [0.05, 0.1) is 6.04 Å². The smallest absolute Gasteiger partial charge is 0.325 e. The summed E-state index contributed by atoms with van der Waals surface area (Å²) in [5.41, 5.74) is 7.90. The summed E-state index contributed by atoms with van der Waals surface area (Å²) in [6.45, 7) is 12.6. The number of piperazine rings is 1. The maximum absolute atomic E-state index is 12.3. The SMILES string of the molecule is C=CC(=O)N1CCN(c2nc(Oc3cccc4c3CCN(C)C4)nc3c2CCN3C(C)c2cccc3c2CCCN3C)CC1. The Bertz CT molecular complexity index is 1580. The molecule has 9 nitrogen and oxygen atoms in total. The summed E-state index contributed by atoms with van der Waals surface area (Å²) < 4.78 is 6.61. The van der Waals surface area contributed by atoms with Crippen molar-refractivity contribution in [2.24, 2.45) is 0 Å². The molecule has 3 aromatic rings. The van der Waals surface area contributed by atoms with Crippen LogP contribution >= 0.6 is 0 Å². The maximum Gasteiger partial charge on any atom is 0.325 e. The lowest BCUT2D eigenvalue weighted by Gasteiger charge is -2.36. The molecule has 1 saturated heterocycles. The number of anilines is 3. The lowest BCUT2D eigenvalue weighted by atomic mass is 9.92. The van der Waals surface area contributed by atoms with E-state index in [0.29, 0.717) is 32.2 Å².